The molecule has 8 nitrogen and oxygen atoms in total. The number of nitrogens with one attached hydrogen (secondary N) is 1. The van der Waals surface area contributed by atoms with Gasteiger partial charge < -0.3 is 10.2 Å². The summed E-state index contributed by atoms with van der Waals surface area (Å²) in [5.41, 5.74) is 4.92. The van der Waals surface area contributed by atoms with Crippen molar-refractivity contribution in [2.24, 2.45) is 0 Å². The van der Waals surface area contributed by atoms with E-state index in [4.69, 9.17) is 0 Å². The van der Waals surface area contributed by atoms with Gasteiger partial charge in [0.05, 0.1) is 11.4 Å². The first-order valence-electron chi connectivity index (χ1n) is 11.0. The van der Waals surface area contributed by atoms with E-state index in [9.17, 15) is 9.59 Å². The van der Waals surface area contributed by atoms with Crippen molar-refractivity contribution < 1.29 is 9.59 Å². The van der Waals surface area contributed by atoms with Crippen LogP contribution in [0.25, 0.3) is 17.2 Å². The zero-order valence-electron chi connectivity index (χ0n) is 20.0. The molecular weight excluding hydrogens is 460 g/mol. The largest absolute Gasteiger partial charge is 0.345 e. The fourth-order valence-electron chi connectivity index (χ4n) is 3.61. The number of thioether (sulfide) groups is 1. The number of anilines is 1. The lowest BCUT2D eigenvalue weighted by atomic mass is 10.1. The van der Waals surface area contributed by atoms with Gasteiger partial charge in [-0.15, -0.1) is 10.2 Å². The first-order valence-corrected chi connectivity index (χ1v) is 12.0. The average molecular weight is 487 g/mol. The summed E-state index contributed by atoms with van der Waals surface area (Å²) in [5, 5.41) is 12.2. The second kappa shape index (κ2) is 10.5. The number of benzene rings is 2. The molecule has 0 aliphatic rings. The molecule has 0 radical (unpaired) electrons. The number of hydrogen-bond donors (Lipinski definition) is 1. The summed E-state index contributed by atoms with van der Waals surface area (Å²) in [4.78, 5) is 30.9. The Hall–Kier alpha value is -3.98. The van der Waals surface area contributed by atoms with E-state index >= 15 is 0 Å². The Morgan fingerprint density at radius 1 is 1.00 bits per heavy atom. The van der Waals surface area contributed by atoms with Crippen molar-refractivity contribution in [3.8, 4) is 17.2 Å². The molecule has 2 aromatic carbocycles. The van der Waals surface area contributed by atoms with Crippen molar-refractivity contribution in [1.82, 2.24) is 24.6 Å². The van der Waals surface area contributed by atoms with Crippen LogP contribution in [0.2, 0.25) is 0 Å². The van der Waals surface area contributed by atoms with Crippen molar-refractivity contribution in [1.29, 1.82) is 0 Å². The maximum Gasteiger partial charge on any atom is 0.253 e. The molecular formula is C26H26N6O2S. The minimum atomic E-state index is -0.209. The quantitative estimate of drug-likeness (QED) is 0.390. The SMILES string of the molecule is Cc1ccc(-n2c(SCC(=O)Nc3cccc(C(=O)N(C)C)c3)nnc2-c2ccccn2)c(C)c1. The number of aryl methyl sites for hydroxylation is 2. The van der Waals surface area contributed by atoms with Gasteiger partial charge in [0.2, 0.25) is 5.91 Å². The van der Waals surface area contributed by atoms with Gasteiger partial charge in [-0.05, 0) is 55.8 Å². The van der Waals surface area contributed by atoms with Gasteiger partial charge in [0.25, 0.3) is 5.91 Å². The number of carbonyl (C=O) groups is 2. The van der Waals surface area contributed by atoms with Crippen LogP contribution in [0.3, 0.4) is 0 Å². The van der Waals surface area contributed by atoms with Crippen molar-refractivity contribution in [3.63, 3.8) is 0 Å². The average Bonchev–Trinajstić information content (AvgIpc) is 3.26. The number of nitrogens with zero attached hydrogens (tertiary/aromatic N) is 5. The van der Waals surface area contributed by atoms with Crippen LogP contribution in [0.4, 0.5) is 5.69 Å². The number of pyridine rings is 1. The highest BCUT2D eigenvalue weighted by Crippen LogP contribution is 2.29. The van der Waals surface area contributed by atoms with E-state index in [2.05, 4.69) is 26.6 Å². The smallest absolute Gasteiger partial charge is 0.253 e. The van der Waals surface area contributed by atoms with Gasteiger partial charge in [0, 0.05) is 31.5 Å². The number of amides is 2. The molecule has 0 saturated heterocycles. The Labute approximate surface area is 208 Å². The summed E-state index contributed by atoms with van der Waals surface area (Å²) in [6.45, 7) is 4.08. The van der Waals surface area contributed by atoms with Gasteiger partial charge in [-0.2, -0.15) is 0 Å². The normalized spacial score (nSPS) is 10.7. The van der Waals surface area contributed by atoms with Crippen molar-refractivity contribution in [3.05, 3.63) is 83.6 Å². The van der Waals surface area contributed by atoms with E-state index in [1.807, 2.05) is 48.7 Å². The molecule has 0 saturated carbocycles. The molecule has 0 unspecified atom stereocenters. The second-order valence-corrected chi connectivity index (χ2v) is 9.21. The molecule has 1 N–H and O–H groups in total. The Balaban J connectivity index is 1.57. The van der Waals surface area contributed by atoms with Crippen LogP contribution < -0.4 is 5.32 Å². The van der Waals surface area contributed by atoms with Gasteiger partial charge in [0.15, 0.2) is 11.0 Å². The Kier molecular flexibility index (Phi) is 7.26. The highest BCUT2D eigenvalue weighted by Gasteiger charge is 2.19. The predicted molar refractivity (Wildman–Crippen MR) is 138 cm³/mol. The fraction of sp³-hybridized carbons (Fsp3) is 0.192. The maximum absolute atomic E-state index is 12.7. The van der Waals surface area contributed by atoms with Crippen molar-refractivity contribution in [2.75, 3.05) is 25.2 Å². The van der Waals surface area contributed by atoms with Gasteiger partial charge in [-0.1, -0.05) is 41.6 Å². The number of carbonyl (C=O) groups excluding carboxylic acids is 2. The van der Waals surface area contributed by atoms with E-state index in [1.54, 1.807) is 44.6 Å². The summed E-state index contributed by atoms with van der Waals surface area (Å²) in [6.07, 6.45) is 1.71. The van der Waals surface area contributed by atoms with E-state index in [1.165, 1.54) is 16.7 Å². The van der Waals surface area contributed by atoms with Gasteiger partial charge in [-0.25, -0.2) is 0 Å². The Bertz CT molecular complexity index is 1370. The number of hydrogen-bond acceptors (Lipinski definition) is 6. The minimum Gasteiger partial charge on any atom is -0.345 e. The lowest BCUT2D eigenvalue weighted by molar-refractivity contribution is -0.113. The van der Waals surface area contributed by atoms with Crippen molar-refractivity contribution in [2.45, 2.75) is 19.0 Å². The second-order valence-electron chi connectivity index (χ2n) is 8.26. The molecule has 9 heteroatoms. The topological polar surface area (TPSA) is 93.0 Å². The zero-order valence-corrected chi connectivity index (χ0v) is 20.8. The molecule has 4 aromatic rings. The lowest BCUT2D eigenvalue weighted by Crippen LogP contribution is -2.22. The summed E-state index contributed by atoms with van der Waals surface area (Å²) in [6, 6.07) is 18.7. The third-order valence-corrected chi connectivity index (χ3v) is 6.18. The molecule has 4 rings (SSSR count). The Morgan fingerprint density at radius 3 is 2.54 bits per heavy atom. The van der Waals surface area contributed by atoms with Gasteiger partial charge >= 0.3 is 0 Å². The highest BCUT2D eigenvalue weighted by atomic mass is 32.2. The number of aromatic nitrogens is 4. The molecule has 178 valence electrons. The first-order chi connectivity index (χ1) is 16.8. The maximum atomic E-state index is 12.7. The van der Waals surface area contributed by atoms with E-state index in [0.717, 1.165) is 16.8 Å². The van der Waals surface area contributed by atoms with Gasteiger partial charge in [-0.3, -0.25) is 19.1 Å². The summed E-state index contributed by atoms with van der Waals surface area (Å²) in [5.74, 6) is 0.394. The molecule has 2 heterocycles. The van der Waals surface area contributed by atoms with Crippen LogP contribution in [0, 0.1) is 13.8 Å². The van der Waals surface area contributed by atoms with Crippen LogP contribution in [0.1, 0.15) is 21.5 Å². The van der Waals surface area contributed by atoms with Crippen LogP contribution in [-0.2, 0) is 4.79 Å². The first kappa shape index (κ1) is 24.2. The predicted octanol–water partition coefficient (Wildman–Crippen LogP) is 4.38. The molecule has 2 amide bonds. The molecule has 0 bridgehead atoms. The van der Waals surface area contributed by atoms with E-state index < -0.39 is 0 Å². The van der Waals surface area contributed by atoms with Crippen LogP contribution in [-0.4, -0.2) is 56.3 Å². The summed E-state index contributed by atoms with van der Waals surface area (Å²) in [7, 11) is 3.38. The molecule has 2 aromatic heterocycles. The fourth-order valence-corrected chi connectivity index (χ4v) is 4.36. The van der Waals surface area contributed by atoms with Crippen molar-refractivity contribution >= 4 is 29.3 Å². The van der Waals surface area contributed by atoms with E-state index in [0.29, 0.717) is 27.9 Å². The molecule has 0 aliphatic carbocycles. The zero-order chi connectivity index (χ0) is 24.9. The minimum absolute atomic E-state index is 0.122. The lowest BCUT2D eigenvalue weighted by Gasteiger charge is -2.13. The standard InChI is InChI=1S/C26H26N6O2S/c1-17-11-12-22(18(2)14-17)32-24(21-10-5-6-13-27-21)29-30-26(32)35-16-23(33)28-20-9-7-8-19(15-20)25(34)31(3)4/h5-15H,16H2,1-4H3,(H,28,33). The molecule has 0 fully saturated rings. The van der Waals surface area contributed by atoms with E-state index in [-0.39, 0.29) is 17.6 Å². The Morgan fingerprint density at radius 2 is 1.83 bits per heavy atom. The molecule has 0 spiro atoms. The number of rotatable bonds is 7. The monoisotopic (exact) mass is 486 g/mol. The molecule has 0 atom stereocenters. The highest BCUT2D eigenvalue weighted by molar-refractivity contribution is 7.99. The third kappa shape index (κ3) is 5.58. The van der Waals surface area contributed by atoms with Crippen LogP contribution >= 0.6 is 11.8 Å². The molecule has 35 heavy (non-hydrogen) atoms. The van der Waals surface area contributed by atoms with Crippen LogP contribution in [0.15, 0.2) is 72.0 Å². The third-order valence-electron chi connectivity index (χ3n) is 5.25. The van der Waals surface area contributed by atoms with Crippen LogP contribution in [0.5, 0.6) is 0 Å². The summed E-state index contributed by atoms with van der Waals surface area (Å²) >= 11 is 1.29. The molecule has 0 aliphatic heterocycles. The summed E-state index contributed by atoms with van der Waals surface area (Å²) < 4.78 is 1.94. The van der Waals surface area contributed by atoms with Gasteiger partial charge in [0.1, 0.15) is 5.69 Å².